The van der Waals surface area contributed by atoms with Gasteiger partial charge in [0.25, 0.3) is 5.91 Å². The molecule has 1 saturated heterocycles. The number of carbonyl (C=O) groups excluding carboxylic acids is 1. The van der Waals surface area contributed by atoms with Gasteiger partial charge in [-0.3, -0.25) is 9.69 Å². The molecule has 0 radical (unpaired) electrons. The fraction of sp³-hybridized carbons (Fsp3) is 0.500. The first-order chi connectivity index (χ1) is 13.1. The summed E-state index contributed by atoms with van der Waals surface area (Å²) in [6, 6.07) is 7.59. The van der Waals surface area contributed by atoms with Crippen LogP contribution in [0.5, 0.6) is 5.75 Å². The second-order valence-corrected chi connectivity index (χ2v) is 7.68. The molecule has 146 valence electrons. The van der Waals surface area contributed by atoms with Gasteiger partial charge in [-0.05, 0) is 24.1 Å². The van der Waals surface area contributed by atoms with E-state index in [9.17, 15) is 4.79 Å². The van der Waals surface area contributed by atoms with Gasteiger partial charge in [-0.2, -0.15) is 0 Å². The van der Waals surface area contributed by atoms with Crippen molar-refractivity contribution in [3.63, 3.8) is 0 Å². The Morgan fingerprint density at radius 1 is 1.37 bits per heavy atom. The zero-order valence-corrected chi connectivity index (χ0v) is 16.7. The van der Waals surface area contributed by atoms with E-state index >= 15 is 0 Å². The first kappa shape index (κ1) is 19.8. The van der Waals surface area contributed by atoms with E-state index in [1.165, 1.54) is 11.3 Å². The first-order valence-electron chi connectivity index (χ1n) is 9.33. The van der Waals surface area contributed by atoms with Gasteiger partial charge in [0, 0.05) is 36.6 Å². The Labute approximate surface area is 164 Å². The Morgan fingerprint density at radius 2 is 2.19 bits per heavy atom. The van der Waals surface area contributed by atoms with E-state index in [2.05, 4.69) is 29.0 Å². The smallest absolute Gasteiger partial charge is 0.251 e. The molecule has 1 aliphatic rings. The monoisotopic (exact) mass is 389 g/mol. The highest BCUT2D eigenvalue weighted by atomic mass is 32.1. The molecule has 27 heavy (non-hydrogen) atoms. The van der Waals surface area contributed by atoms with Crippen molar-refractivity contribution in [2.75, 3.05) is 32.8 Å². The summed E-state index contributed by atoms with van der Waals surface area (Å²) in [5, 5.41) is 5.04. The fourth-order valence-electron chi connectivity index (χ4n) is 3.19. The molecule has 1 aromatic heterocycles. The van der Waals surface area contributed by atoms with Crippen LogP contribution in [0.2, 0.25) is 0 Å². The third kappa shape index (κ3) is 5.76. The van der Waals surface area contributed by atoms with Crippen LogP contribution in [0.15, 0.2) is 35.2 Å². The SMILES string of the molecule is CC(C)C(CNC(=O)c1cccc(OCc2cscn2)c1)N1CCOCC1. The second-order valence-electron chi connectivity index (χ2n) is 6.97. The summed E-state index contributed by atoms with van der Waals surface area (Å²) in [5.74, 6) is 1.05. The summed E-state index contributed by atoms with van der Waals surface area (Å²) in [6.45, 7) is 8.77. The highest BCUT2D eigenvalue weighted by molar-refractivity contribution is 7.07. The van der Waals surface area contributed by atoms with Crippen LogP contribution < -0.4 is 10.1 Å². The van der Waals surface area contributed by atoms with Gasteiger partial charge >= 0.3 is 0 Å². The standard InChI is InChI=1S/C20H27N3O3S/c1-15(2)19(23-6-8-25-9-7-23)11-21-20(24)16-4-3-5-18(10-16)26-12-17-13-27-14-22-17/h3-5,10,13-15,19H,6-9,11-12H2,1-2H3,(H,21,24). The van der Waals surface area contributed by atoms with Gasteiger partial charge in [-0.15, -0.1) is 11.3 Å². The first-order valence-corrected chi connectivity index (χ1v) is 10.3. The van der Waals surface area contributed by atoms with E-state index in [1.807, 2.05) is 23.6 Å². The number of thiazole rings is 1. The summed E-state index contributed by atoms with van der Waals surface area (Å²) in [6.07, 6.45) is 0. The molecule has 6 nitrogen and oxygen atoms in total. The molecular formula is C20H27N3O3S. The van der Waals surface area contributed by atoms with Crippen molar-refractivity contribution < 1.29 is 14.3 Å². The summed E-state index contributed by atoms with van der Waals surface area (Å²) in [4.78, 5) is 19.2. The van der Waals surface area contributed by atoms with Crippen LogP contribution >= 0.6 is 11.3 Å². The lowest BCUT2D eigenvalue weighted by molar-refractivity contribution is 0.00672. The Balaban J connectivity index is 1.55. The van der Waals surface area contributed by atoms with Crippen molar-refractivity contribution in [1.82, 2.24) is 15.2 Å². The van der Waals surface area contributed by atoms with Gasteiger partial charge in [-0.25, -0.2) is 4.98 Å². The molecule has 1 unspecified atom stereocenters. The average Bonchev–Trinajstić information content (AvgIpc) is 3.21. The van der Waals surface area contributed by atoms with Crippen LogP contribution in [-0.4, -0.2) is 54.7 Å². The van der Waals surface area contributed by atoms with Crippen molar-refractivity contribution in [3.8, 4) is 5.75 Å². The minimum atomic E-state index is -0.0759. The second kappa shape index (κ2) is 9.82. The summed E-state index contributed by atoms with van der Waals surface area (Å²) in [5.41, 5.74) is 3.28. The predicted octanol–water partition coefficient (Wildman–Crippen LogP) is 2.81. The van der Waals surface area contributed by atoms with Crippen molar-refractivity contribution >= 4 is 17.2 Å². The molecule has 2 heterocycles. The third-order valence-corrected chi connectivity index (χ3v) is 5.36. The molecule has 2 aromatic rings. The normalized spacial score (nSPS) is 16.3. The number of morpholine rings is 1. The number of amides is 1. The van der Waals surface area contributed by atoms with E-state index in [4.69, 9.17) is 9.47 Å². The minimum Gasteiger partial charge on any atom is -0.487 e. The van der Waals surface area contributed by atoms with Crippen molar-refractivity contribution in [1.29, 1.82) is 0 Å². The Morgan fingerprint density at radius 3 is 2.89 bits per heavy atom. The molecule has 1 amide bonds. The van der Waals surface area contributed by atoms with Crippen molar-refractivity contribution in [2.24, 2.45) is 5.92 Å². The number of hydrogen-bond acceptors (Lipinski definition) is 6. The number of nitrogens with zero attached hydrogens (tertiary/aromatic N) is 2. The lowest BCUT2D eigenvalue weighted by atomic mass is 10.0. The number of rotatable bonds is 8. The number of hydrogen-bond donors (Lipinski definition) is 1. The van der Waals surface area contributed by atoms with Crippen LogP contribution in [0.3, 0.4) is 0 Å². The van der Waals surface area contributed by atoms with E-state index in [1.54, 1.807) is 11.6 Å². The zero-order chi connectivity index (χ0) is 19.1. The van der Waals surface area contributed by atoms with Crippen molar-refractivity contribution in [3.05, 3.63) is 46.4 Å². The number of aromatic nitrogens is 1. The molecule has 0 bridgehead atoms. The van der Waals surface area contributed by atoms with Crippen LogP contribution in [0.25, 0.3) is 0 Å². The number of nitrogens with one attached hydrogen (secondary N) is 1. The highest BCUT2D eigenvalue weighted by Gasteiger charge is 2.24. The minimum absolute atomic E-state index is 0.0759. The Bertz CT molecular complexity index is 715. The summed E-state index contributed by atoms with van der Waals surface area (Å²) < 4.78 is 11.2. The highest BCUT2D eigenvalue weighted by Crippen LogP contribution is 2.16. The van der Waals surface area contributed by atoms with Gasteiger partial charge < -0.3 is 14.8 Å². The van der Waals surface area contributed by atoms with Crippen LogP contribution in [0.4, 0.5) is 0 Å². The summed E-state index contributed by atoms with van der Waals surface area (Å²) in [7, 11) is 0. The maximum absolute atomic E-state index is 12.6. The Hall–Kier alpha value is -1.96. The number of ether oxygens (including phenoxy) is 2. The van der Waals surface area contributed by atoms with Crippen LogP contribution in [0.1, 0.15) is 29.9 Å². The average molecular weight is 390 g/mol. The van der Waals surface area contributed by atoms with E-state index in [0.717, 1.165) is 32.0 Å². The van der Waals surface area contributed by atoms with Gasteiger partial charge in [-0.1, -0.05) is 19.9 Å². The van der Waals surface area contributed by atoms with Crippen molar-refractivity contribution in [2.45, 2.75) is 26.5 Å². The topological polar surface area (TPSA) is 63.7 Å². The molecule has 1 atom stereocenters. The maximum atomic E-state index is 12.6. The predicted molar refractivity (Wildman–Crippen MR) is 106 cm³/mol. The molecule has 0 aliphatic carbocycles. The van der Waals surface area contributed by atoms with Gasteiger partial charge in [0.05, 0.1) is 24.4 Å². The molecule has 0 spiro atoms. The Kier molecular flexibility index (Phi) is 7.20. The molecule has 7 heteroatoms. The number of benzene rings is 1. The maximum Gasteiger partial charge on any atom is 0.251 e. The summed E-state index contributed by atoms with van der Waals surface area (Å²) >= 11 is 1.54. The molecule has 1 fully saturated rings. The zero-order valence-electron chi connectivity index (χ0n) is 15.9. The molecule has 1 N–H and O–H groups in total. The van der Waals surface area contributed by atoms with E-state index in [-0.39, 0.29) is 5.91 Å². The van der Waals surface area contributed by atoms with Crippen LogP contribution in [-0.2, 0) is 11.3 Å². The van der Waals surface area contributed by atoms with Gasteiger partial charge in [0.15, 0.2) is 0 Å². The van der Waals surface area contributed by atoms with E-state index in [0.29, 0.717) is 36.4 Å². The molecule has 3 rings (SSSR count). The number of carbonyl (C=O) groups is 1. The largest absolute Gasteiger partial charge is 0.487 e. The third-order valence-electron chi connectivity index (χ3n) is 4.72. The van der Waals surface area contributed by atoms with Gasteiger partial charge in [0.2, 0.25) is 0 Å². The molecule has 1 aromatic carbocycles. The van der Waals surface area contributed by atoms with Crippen LogP contribution in [0, 0.1) is 5.92 Å². The van der Waals surface area contributed by atoms with E-state index < -0.39 is 0 Å². The quantitative estimate of drug-likeness (QED) is 0.752. The molecule has 1 aliphatic heterocycles. The van der Waals surface area contributed by atoms with Gasteiger partial charge in [0.1, 0.15) is 12.4 Å². The lowest BCUT2D eigenvalue weighted by Crippen LogP contribution is -2.51. The molecular weight excluding hydrogens is 362 g/mol. The fourth-order valence-corrected chi connectivity index (χ4v) is 3.73. The molecule has 0 saturated carbocycles. The lowest BCUT2D eigenvalue weighted by Gasteiger charge is -2.36.